The van der Waals surface area contributed by atoms with E-state index >= 15 is 0 Å². The summed E-state index contributed by atoms with van der Waals surface area (Å²) in [6.07, 6.45) is 0. The molecule has 2 aromatic carbocycles. The molecule has 0 radical (unpaired) electrons. The lowest BCUT2D eigenvalue weighted by atomic mass is 10.1. The molecule has 23 heavy (non-hydrogen) atoms. The molecule has 6 nitrogen and oxygen atoms in total. The van der Waals surface area contributed by atoms with Gasteiger partial charge in [-0.25, -0.2) is 16.8 Å². The third-order valence-electron chi connectivity index (χ3n) is 2.88. The van der Waals surface area contributed by atoms with Crippen molar-refractivity contribution < 1.29 is 34.8 Å². The van der Waals surface area contributed by atoms with Crippen molar-refractivity contribution in [2.24, 2.45) is 0 Å². The van der Waals surface area contributed by atoms with Crippen molar-refractivity contribution in [2.75, 3.05) is 0 Å². The van der Waals surface area contributed by atoms with Crippen molar-refractivity contribution in [2.45, 2.75) is 10.4 Å². The van der Waals surface area contributed by atoms with Gasteiger partial charge in [0, 0.05) is 0 Å². The highest BCUT2D eigenvalue weighted by molar-refractivity contribution is 8.31. The first-order valence-electron chi connectivity index (χ1n) is 5.79. The summed E-state index contributed by atoms with van der Waals surface area (Å²) < 4.78 is 82.0. The number of fused-ring (bicyclic) bond motifs is 1. The van der Waals surface area contributed by atoms with E-state index in [1.54, 1.807) is 18.2 Å². The normalized spacial score (nSPS) is 12.8. The van der Waals surface area contributed by atoms with E-state index in [1.807, 2.05) is 4.79 Å². The first-order valence-corrected chi connectivity index (χ1v) is 8.76. The Kier molecular flexibility index (Phi) is 4.05. The minimum Gasteiger partial charge on any atom is -0.359 e. The van der Waals surface area contributed by atoms with Crippen LogP contribution in [0.2, 0.25) is 0 Å². The lowest BCUT2D eigenvalue weighted by Gasteiger charge is -2.06. The number of hydrogen-bond donors (Lipinski definition) is 0. The second-order valence-electron chi connectivity index (χ2n) is 4.33. The van der Waals surface area contributed by atoms with Gasteiger partial charge in [-0.3, -0.25) is 0 Å². The van der Waals surface area contributed by atoms with E-state index in [2.05, 4.69) is 0 Å². The van der Waals surface area contributed by atoms with Crippen molar-refractivity contribution in [3.8, 4) is 0 Å². The number of hydrogen-bond acceptors (Lipinski definition) is 4. The minimum atomic E-state index is -6.34. The van der Waals surface area contributed by atoms with Gasteiger partial charge in [0.2, 0.25) is 0 Å². The molecule has 0 aliphatic rings. The summed E-state index contributed by atoms with van der Waals surface area (Å²) in [5.74, 6) is 0. The molecule has 0 fully saturated rings. The topological polar surface area (TPSA) is 105 Å². The molecular formula is C12H7F3N2O4S2. The molecule has 0 heterocycles. The third-order valence-corrected chi connectivity index (χ3v) is 6.76. The number of halogens is 3. The van der Waals surface area contributed by atoms with E-state index in [-0.39, 0.29) is 0 Å². The van der Waals surface area contributed by atoms with Gasteiger partial charge in [-0.15, -0.1) is 4.79 Å². The van der Waals surface area contributed by atoms with Crippen molar-refractivity contribution in [1.82, 2.24) is 0 Å². The monoisotopic (exact) mass is 364 g/mol. The van der Waals surface area contributed by atoms with Gasteiger partial charge in [-0.2, -0.15) is 13.2 Å². The molecule has 0 saturated heterocycles. The third kappa shape index (κ3) is 2.85. The maximum atomic E-state index is 12.5. The fourth-order valence-electron chi connectivity index (χ4n) is 1.79. The summed E-state index contributed by atoms with van der Waals surface area (Å²) in [6.45, 7) is 0. The number of nitrogens with zero attached hydrogens (tertiary/aromatic N) is 2. The molecule has 0 aromatic heterocycles. The zero-order valence-corrected chi connectivity index (χ0v) is 12.7. The highest BCUT2D eigenvalue weighted by Crippen LogP contribution is 2.29. The van der Waals surface area contributed by atoms with E-state index in [4.69, 9.17) is 5.53 Å². The van der Waals surface area contributed by atoms with Crippen LogP contribution in [0.1, 0.15) is 0 Å². The maximum absolute atomic E-state index is 12.5. The number of benzene rings is 2. The summed E-state index contributed by atoms with van der Waals surface area (Å²) in [5, 5.41) is 0.947. The summed E-state index contributed by atoms with van der Waals surface area (Å²) >= 11 is 0. The minimum absolute atomic E-state index is 0.357. The van der Waals surface area contributed by atoms with Crippen LogP contribution in [0.25, 0.3) is 16.3 Å². The summed E-state index contributed by atoms with van der Waals surface area (Å²) in [4.78, 5) is 1.14. The molecule has 2 aromatic rings. The largest absolute Gasteiger partial charge is 0.509 e. The van der Waals surface area contributed by atoms with Gasteiger partial charge in [0.15, 0.2) is 0 Å². The Morgan fingerprint density at radius 2 is 1.52 bits per heavy atom. The SMILES string of the molecule is [N-]=[N+]=C(S(=O)(=O)c1ccc2ccccc2c1)S(=O)(=O)C(F)(F)F. The van der Waals surface area contributed by atoms with E-state index in [9.17, 15) is 30.0 Å². The molecule has 0 bridgehead atoms. The standard InChI is InChI=1S/C12H7F3N2O4S2/c13-12(14,15)23(20,21)11(17-16)22(18,19)10-6-5-8-3-1-2-4-9(8)7-10/h1-7H. The van der Waals surface area contributed by atoms with Gasteiger partial charge in [-0.05, 0) is 22.9 Å². The first-order chi connectivity index (χ1) is 10.5. The molecule has 0 spiro atoms. The smallest absolute Gasteiger partial charge is 0.359 e. The quantitative estimate of drug-likeness (QED) is 0.334. The average Bonchev–Trinajstić information content (AvgIpc) is 2.45. The molecule has 0 N–H and O–H groups in total. The highest BCUT2D eigenvalue weighted by atomic mass is 32.3. The van der Waals surface area contributed by atoms with Gasteiger partial charge < -0.3 is 5.53 Å². The lowest BCUT2D eigenvalue weighted by molar-refractivity contribution is -0.0447. The van der Waals surface area contributed by atoms with Crippen LogP contribution in [0.5, 0.6) is 0 Å². The van der Waals surface area contributed by atoms with Crippen LogP contribution in [0.15, 0.2) is 47.4 Å². The van der Waals surface area contributed by atoms with Crippen LogP contribution in [-0.4, -0.2) is 31.5 Å². The van der Waals surface area contributed by atoms with Crippen molar-refractivity contribution in [3.63, 3.8) is 0 Å². The van der Waals surface area contributed by atoms with Crippen LogP contribution in [0, 0.1) is 0 Å². The molecule has 0 aliphatic heterocycles. The summed E-state index contributed by atoms with van der Waals surface area (Å²) in [7, 11) is -11.5. The molecule has 0 amide bonds. The van der Waals surface area contributed by atoms with Gasteiger partial charge in [0.05, 0.1) is 4.90 Å². The zero-order chi connectivity index (χ0) is 17.5. The van der Waals surface area contributed by atoms with Crippen LogP contribution in [0.3, 0.4) is 0 Å². The molecule has 0 saturated carbocycles. The second-order valence-corrected chi connectivity index (χ2v) is 8.31. The van der Waals surface area contributed by atoms with Gasteiger partial charge in [-0.1, -0.05) is 30.3 Å². The summed E-state index contributed by atoms with van der Waals surface area (Å²) in [6, 6.07) is 9.53. The Labute approximate surface area is 128 Å². The van der Waals surface area contributed by atoms with Crippen LogP contribution < -0.4 is 0 Å². The van der Waals surface area contributed by atoms with Crippen LogP contribution in [-0.2, 0) is 19.7 Å². The molecule has 2 rings (SSSR count). The first kappa shape index (κ1) is 17.1. The van der Waals surface area contributed by atoms with Crippen molar-refractivity contribution in [1.29, 1.82) is 0 Å². The van der Waals surface area contributed by atoms with Crippen LogP contribution >= 0.6 is 0 Å². The Balaban J connectivity index is 2.71. The second kappa shape index (κ2) is 5.44. The van der Waals surface area contributed by atoms with E-state index in [0.29, 0.717) is 10.8 Å². The molecule has 11 heteroatoms. The average molecular weight is 364 g/mol. The Hall–Kier alpha value is -2.23. The molecular weight excluding hydrogens is 357 g/mol. The molecule has 0 unspecified atom stereocenters. The van der Waals surface area contributed by atoms with Gasteiger partial charge in [0.25, 0.3) is 9.84 Å². The number of alkyl halides is 3. The Morgan fingerprint density at radius 1 is 0.957 bits per heavy atom. The van der Waals surface area contributed by atoms with Crippen molar-refractivity contribution >= 4 is 34.8 Å². The number of sulfone groups is 2. The van der Waals surface area contributed by atoms with Crippen LogP contribution in [0.4, 0.5) is 13.2 Å². The molecule has 122 valence electrons. The van der Waals surface area contributed by atoms with E-state index < -0.39 is 34.5 Å². The molecule has 0 atom stereocenters. The van der Waals surface area contributed by atoms with Gasteiger partial charge in [0.1, 0.15) is 0 Å². The maximum Gasteiger partial charge on any atom is 0.509 e. The lowest BCUT2D eigenvalue weighted by Crippen LogP contribution is -2.36. The summed E-state index contributed by atoms with van der Waals surface area (Å²) in [5.41, 5.74) is 2.65. The zero-order valence-electron chi connectivity index (χ0n) is 11.0. The van der Waals surface area contributed by atoms with E-state index in [1.165, 1.54) is 12.1 Å². The van der Waals surface area contributed by atoms with Gasteiger partial charge >= 0.3 is 19.7 Å². The predicted octanol–water partition coefficient (Wildman–Crippen LogP) is 2.13. The van der Waals surface area contributed by atoms with Crippen molar-refractivity contribution in [3.05, 3.63) is 48.0 Å². The van der Waals surface area contributed by atoms with E-state index in [0.717, 1.165) is 12.1 Å². The Bertz CT molecular complexity index is 1040. The molecule has 0 aliphatic carbocycles. The highest BCUT2D eigenvalue weighted by Gasteiger charge is 2.59. The Morgan fingerprint density at radius 3 is 2.04 bits per heavy atom. The number of rotatable bonds is 1. The fourth-order valence-corrected chi connectivity index (χ4v) is 4.66. The fraction of sp³-hybridized carbons (Fsp3) is 0.0833. The predicted molar refractivity (Wildman–Crippen MR) is 74.7 cm³/mol.